The molecule has 114 valence electrons. The van der Waals surface area contributed by atoms with Crippen LogP contribution in [0.2, 0.25) is 0 Å². The number of carbonyl (C=O) groups is 1. The summed E-state index contributed by atoms with van der Waals surface area (Å²) >= 11 is 5.83. The van der Waals surface area contributed by atoms with E-state index in [0.29, 0.717) is 19.8 Å². The highest BCUT2D eigenvalue weighted by atomic mass is 35.5. The summed E-state index contributed by atoms with van der Waals surface area (Å²) < 4.78 is 10.2. The molecule has 1 aliphatic heterocycles. The average molecular weight is 315 g/mol. The highest BCUT2D eigenvalue weighted by Gasteiger charge is 2.29. The monoisotopic (exact) mass is 314 g/mol. The molecule has 0 saturated carbocycles. The third-order valence-corrected chi connectivity index (χ3v) is 3.65. The first-order valence-electron chi connectivity index (χ1n) is 6.35. The van der Waals surface area contributed by atoms with E-state index in [4.69, 9.17) is 21.1 Å². The second-order valence-corrected chi connectivity index (χ2v) is 4.83. The SMILES string of the molecule is COc1ccc(C(=O)N2CCOCC2CCl)cc1[N+](=O)[O-]. The van der Waals surface area contributed by atoms with Crippen LogP contribution in [-0.4, -0.2) is 54.5 Å². The minimum absolute atomic E-state index is 0.118. The Morgan fingerprint density at radius 3 is 3.00 bits per heavy atom. The van der Waals surface area contributed by atoms with Crippen LogP contribution in [0.25, 0.3) is 0 Å². The molecule has 0 aliphatic carbocycles. The molecular weight excluding hydrogens is 300 g/mol. The molecule has 0 radical (unpaired) electrons. The number of nitro groups is 1. The molecule has 1 aliphatic rings. The number of morpholine rings is 1. The maximum atomic E-state index is 12.5. The van der Waals surface area contributed by atoms with Crippen molar-refractivity contribution in [3.8, 4) is 5.75 Å². The second kappa shape index (κ2) is 6.73. The van der Waals surface area contributed by atoms with Gasteiger partial charge < -0.3 is 14.4 Å². The summed E-state index contributed by atoms with van der Waals surface area (Å²) in [5, 5.41) is 11.0. The zero-order chi connectivity index (χ0) is 15.4. The first-order valence-corrected chi connectivity index (χ1v) is 6.89. The molecular formula is C13H15ClN2O5. The van der Waals surface area contributed by atoms with Gasteiger partial charge in [0.15, 0.2) is 5.75 Å². The molecule has 0 bridgehead atoms. The second-order valence-electron chi connectivity index (χ2n) is 4.53. The Kier molecular flexibility index (Phi) is 4.98. The fourth-order valence-corrected chi connectivity index (χ4v) is 2.44. The number of methoxy groups -OCH3 is 1. The van der Waals surface area contributed by atoms with Crippen LogP contribution < -0.4 is 4.74 Å². The first kappa shape index (κ1) is 15.5. The number of carbonyl (C=O) groups excluding carboxylic acids is 1. The Bertz CT molecular complexity index is 551. The third kappa shape index (κ3) is 3.25. The molecule has 1 saturated heterocycles. The van der Waals surface area contributed by atoms with Gasteiger partial charge in [-0.05, 0) is 12.1 Å². The number of hydrogen-bond donors (Lipinski definition) is 0. The smallest absolute Gasteiger partial charge is 0.311 e. The fourth-order valence-electron chi connectivity index (χ4n) is 2.18. The Balaban J connectivity index is 2.30. The number of hydrogen-bond acceptors (Lipinski definition) is 5. The lowest BCUT2D eigenvalue weighted by molar-refractivity contribution is -0.385. The Morgan fingerprint density at radius 2 is 2.38 bits per heavy atom. The maximum absolute atomic E-state index is 12.5. The van der Waals surface area contributed by atoms with E-state index in [0.717, 1.165) is 0 Å². The Labute approximate surface area is 126 Å². The van der Waals surface area contributed by atoms with Crippen LogP contribution in [-0.2, 0) is 4.74 Å². The van der Waals surface area contributed by atoms with E-state index in [1.807, 2.05) is 0 Å². The zero-order valence-electron chi connectivity index (χ0n) is 11.5. The van der Waals surface area contributed by atoms with E-state index < -0.39 is 4.92 Å². The standard InChI is InChI=1S/C13H15ClN2O5/c1-20-12-3-2-9(6-11(12)16(18)19)13(17)15-4-5-21-8-10(15)7-14/h2-3,6,10H,4-5,7-8H2,1H3. The van der Waals surface area contributed by atoms with Crippen LogP contribution in [0.15, 0.2) is 18.2 Å². The van der Waals surface area contributed by atoms with Crippen LogP contribution in [0.5, 0.6) is 5.75 Å². The van der Waals surface area contributed by atoms with Gasteiger partial charge in [0.1, 0.15) is 0 Å². The van der Waals surface area contributed by atoms with Gasteiger partial charge in [-0.25, -0.2) is 0 Å². The van der Waals surface area contributed by atoms with Crippen molar-refractivity contribution in [1.29, 1.82) is 0 Å². The summed E-state index contributed by atoms with van der Waals surface area (Å²) in [6, 6.07) is 3.92. The van der Waals surface area contributed by atoms with Gasteiger partial charge in [-0.1, -0.05) is 0 Å². The highest BCUT2D eigenvalue weighted by Crippen LogP contribution is 2.28. The van der Waals surface area contributed by atoms with Crippen LogP contribution in [0.1, 0.15) is 10.4 Å². The van der Waals surface area contributed by atoms with Crippen molar-refractivity contribution < 1.29 is 19.2 Å². The molecule has 1 aromatic carbocycles. The number of rotatable bonds is 4. The highest BCUT2D eigenvalue weighted by molar-refractivity contribution is 6.18. The number of amides is 1. The van der Waals surface area contributed by atoms with E-state index in [1.54, 1.807) is 4.90 Å². The molecule has 1 atom stereocenters. The molecule has 8 heteroatoms. The molecule has 21 heavy (non-hydrogen) atoms. The van der Waals surface area contributed by atoms with Gasteiger partial charge >= 0.3 is 5.69 Å². The summed E-state index contributed by atoms with van der Waals surface area (Å²) in [6.07, 6.45) is 0. The third-order valence-electron chi connectivity index (χ3n) is 3.29. The van der Waals surface area contributed by atoms with Gasteiger partial charge in [0.05, 0.1) is 31.3 Å². The predicted molar refractivity (Wildman–Crippen MR) is 76.0 cm³/mol. The van der Waals surface area contributed by atoms with E-state index in [9.17, 15) is 14.9 Å². The number of alkyl halides is 1. The van der Waals surface area contributed by atoms with Crippen molar-refractivity contribution in [2.24, 2.45) is 0 Å². The minimum Gasteiger partial charge on any atom is -0.490 e. The van der Waals surface area contributed by atoms with E-state index >= 15 is 0 Å². The molecule has 0 aromatic heterocycles. The molecule has 1 unspecified atom stereocenters. The zero-order valence-corrected chi connectivity index (χ0v) is 12.2. The normalized spacial score (nSPS) is 18.4. The predicted octanol–water partition coefficient (Wildman–Crippen LogP) is 1.68. The average Bonchev–Trinajstić information content (AvgIpc) is 2.53. The summed E-state index contributed by atoms with van der Waals surface area (Å²) in [7, 11) is 1.34. The van der Waals surface area contributed by atoms with Crippen molar-refractivity contribution >= 4 is 23.2 Å². The lowest BCUT2D eigenvalue weighted by Crippen LogP contribution is -2.49. The minimum atomic E-state index is -0.575. The number of halogens is 1. The molecule has 7 nitrogen and oxygen atoms in total. The van der Waals surface area contributed by atoms with Crippen LogP contribution in [0.3, 0.4) is 0 Å². The molecule has 1 amide bonds. The molecule has 2 rings (SSSR count). The van der Waals surface area contributed by atoms with Crippen molar-refractivity contribution in [3.05, 3.63) is 33.9 Å². The summed E-state index contributed by atoms with van der Waals surface area (Å²) in [6.45, 7) is 1.21. The molecule has 1 aromatic rings. The van der Waals surface area contributed by atoms with Crippen molar-refractivity contribution in [1.82, 2.24) is 4.90 Å². The topological polar surface area (TPSA) is 81.9 Å². The van der Waals surface area contributed by atoms with E-state index in [2.05, 4.69) is 0 Å². The van der Waals surface area contributed by atoms with Crippen LogP contribution >= 0.6 is 11.6 Å². The summed E-state index contributed by atoms with van der Waals surface area (Å²) in [5.74, 6) is 0.0754. The van der Waals surface area contributed by atoms with Gasteiger partial charge in [0.25, 0.3) is 5.91 Å². The molecule has 0 spiro atoms. The maximum Gasteiger partial charge on any atom is 0.311 e. The summed E-state index contributed by atoms with van der Waals surface area (Å²) in [5.41, 5.74) is -0.00134. The lowest BCUT2D eigenvalue weighted by Gasteiger charge is -2.34. The van der Waals surface area contributed by atoms with E-state index in [1.165, 1.54) is 25.3 Å². The molecule has 1 fully saturated rings. The van der Waals surface area contributed by atoms with Gasteiger partial charge in [-0.15, -0.1) is 11.6 Å². The molecule has 0 N–H and O–H groups in total. The van der Waals surface area contributed by atoms with Crippen LogP contribution in [0.4, 0.5) is 5.69 Å². The number of ether oxygens (including phenoxy) is 2. The lowest BCUT2D eigenvalue weighted by atomic mass is 10.1. The largest absolute Gasteiger partial charge is 0.490 e. The van der Waals surface area contributed by atoms with Crippen LogP contribution in [0, 0.1) is 10.1 Å². The fraction of sp³-hybridized carbons (Fsp3) is 0.462. The van der Waals surface area contributed by atoms with Crippen molar-refractivity contribution in [3.63, 3.8) is 0 Å². The van der Waals surface area contributed by atoms with E-state index in [-0.39, 0.29) is 34.8 Å². The van der Waals surface area contributed by atoms with Gasteiger partial charge in [-0.2, -0.15) is 0 Å². The Hall–Kier alpha value is -1.86. The Morgan fingerprint density at radius 1 is 1.62 bits per heavy atom. The number of benzene rings is 1. The van der Waals surface area contributed by atoms with Gasteiger partial charge in [-0.3, -0.25) is 14.9 Å². The first-order chi connectivity index (χ1) is 10.1. The summed E-state index contributed by atoms with van der Waals surface area (Å²) in [4.78, 5) is 24.5. The molecule has 1 heterocycles. The van der Waals surface area contributed by atoms with Crippen molar-refractivity contribution in [2.75, 3.05) is 32.7 Å². The number of nitro benzene ring substituents is 1. The number of nitrogens with zero attached hydrogens (tertiary/aromatic N) is 2. The van der Waals surface area contributed by atoms with Gasteiger partial charge in [0, 0.05) is 24.1 Å². The van der Waals surface area contributed by atoms with Crippen molar-refractivity contribution in [2.45, 2.75) is 6.04 Å². The van der Waals surface area contributed by atoms with Gasteiger partial charge in [0.2, 0.25) is 0 Å². The quantitative estimate of drug-likeness (QED) is 0.480.